The Morgan fingerprint density at radius 1 is 0.938 bits per heavy atom. The van der Waals surface area contributed by atoms with E-state index in [0.717, 1.165) is 17.5 Å². The minimum atomic E-state index is -0.537. The fraction of sp³-hybridized carbons (Fsp3) is 0.357. The third-order valence-electron chi connectivity index (χ3n) is 6.13. The lowest BCUT2D eigenvalue weighted by Crippen LogP contribution is -2.49. The molecule has 0 saturated carbocycles. The van der Waals surface area contributed by atoms with Crippen molar-refractivity contribution in [3.8, 4) is 0 Å². The van der Waals surface area contributed by atoms with Gasteiger partial charge in [0.25, 0.3) is 0 Å². The third kappa shape index (κ3) is 5.97. The number of aryl methyl sites for hydroxylation is 2. The van der Waals surface area contributed by atoms with Crippen LogP contribution in [0.1, 0.15) is 50.3 Å². The van der Waals surface area contributed by atoms with Gasteiger partial charge < -0.3 is 10.2 Å². The molecule has 0 saturated heterocycles. The molecule has 3 aromatic carbocycles. The number of amides is 2. The highest BCUT2D eigenvalue weighted by Gasteiger charge is 2.26. The molecule has 2 amide bonds. The van der Waals surface area contributed by atoms with Crippen LogP contribution in [-0.4, -0.2) is 28.8 Å². The molecule has 168 valence electrons. The molecule has 0 aliphatic carbocycles. The van der Waals surface area contributed by atoms with Crippen molar-refractivity contribution in [2.75, 3.05) is 0 Å². The summed E-state index contributed by atoms with van der Waals surface area (Å²) in [6.07, 6.45) is 1.86. The summed E-state index contributed by atoms with van der Waals surface area (Å²) in [6, 6.07) is 22.1. The van der Waals surface area contributed by atoms with Gasteiger partial charge in [-0.1, -0.05) is 79.2 Å². The quantitative estimate of drug-likeness (QED) is 0.493. The predicted molar refractivity (Wildman–Crippen MR) is 131 cm³/mol. The summed E-state index contributed by atoms with van der Waals surface area (Å²) in [6.45, 7) is 8.30. The third-order valence-corrected chi connectivity index (χ3v) is 6.13. The topological polar surface area (TPSA) is 49.4 Å². The van der Waals surface area contributed by atoms with Gasteiger partial charge in [-0.2, -0.15) is 0 Å². The molecule has 4 nitrogen and oxygen atoms in total. The van der Waals surface area contributed by atoms with Crippen LogP contribution in [0.25, 0.3) is 10.8 Å². The zero-order valence-electron chi connectivity index (χ0n) is 19.6. The molecule has 4 heteroatoms. The van der Waals surface area contributed by atoms with Crippen LogP contribution in [0, 0.1) is 6.92 Å². The molecule has 0 spiro atoms. The first-order chi connectivity index (χ1) is 15.4. The van der Waals surface area contributed by atoms with E-state index in [0.29, 0.717) is 19.4 Å². The average Bonchev–Trinajstić information content (AvgIpc) is 2.81. The van der Waals surface area contributed by atoms with Crippen molar-refractivity contribution in [3.05, 3.63) is 83.4 Å². The SMILES string of the molecule is CC[C@@H](C)NC(=O)[C@@H](C)N(Cc1ccc(C)cc1)C(=O)CCc1cccc2ccccc12. The largest absolute Gasteiger partial charge is 0.352 e. The molecule has 0 aromatic heterocycles. The van der Waals surface area contributed by atoms with Crippen LogP contribution in [0.2, 0.25) is 0 Å². The molecule has 0 heterocycles. The lowest BCUT2D eigenvalue weighted by Gasteiger charge is -2.30. The molecule has 3 aromatic rings. The molecule has 0 aliphatic heterocycles. The van der Waals surface area contributed by atoms with Crippen LogP contribution >= 0.6 is 0 Å². The van der Waals surface area contributed by atoms with E-state index >= 15 is 0 Å². The summed E-state index contributed by atoms with van der Waals surface area (Å²) >= 11 is 0. The zero-order chi connectivity index (χ0) is 23.1. The summed E-state index contributed by atoms with van der Waals surface area (Å²) < 4.78 is 0. The van der Waals surface area contributed by atoms with E-state index in [2.05, 4.69) is 29.6 Å². The zero-order valence-corrected chi connectivity index (χ0v) is 19.6. The highest BCUT2D eigenvalue weighted by atomic mass is 16.2. The highest BCUT2D eigenvalue weighted by Crippen LogP contribution is 2.21. The van der Waals surface area contributed by atoms with E-state index in [4.69, 9.17) is 0 Å². The van der Waals surface area contributed by atoms with Crippen molar-refractivity contribution in [1.29, 1.82) is 0 Å². The molecule has 0 aliphatic rings. The summed E-state index contributed by atoms with van der Waals surface area (Å²) in [5.41, 5.74) is 3.35. The number of nitrogens with zero attached hydrogens (tertiary/aromatic N) is 1. The predicted octanol–water partition coefficient (Wildman–Crippen LogP) is 5.41. The van der Waals surface area contributed by atoms with Gasteiger partial charge in [0.1, 0.15) is 6.04 Å². The number of fused-ring (bicyclic) bond motifs is 1. The van der Waals surface area contributed by atoms with Crippen molar-refractivity contribution in [3.63, 3.8) is 0 Å². The van der Waals surface area contributed by atoms with Gasteiger partial charge in [0.15, 0.2) is 0 Å². The maximum atomic E-state index is 13.4. The van der Waals surface area contributed by atoms with E-state index in [-0.39, 0.29) is 17.9 Å². The maximum absolute atomic E-state index is 13.4. The average molecular weight is 431 g/mol. The Morgan fingerprint density at radius 2 is 1.62 bits per heavy atom. The van der Waals surface area contributed by atoms with Crippen molar-refractivity contribution in [2.24, 2.45) is 0 Å². The number of hydrogen-bond donors (Lipinski definition) is 1. The van der Waals surface area contributed by atoms with Crippen molar-refractivity contribution < 1.29 is 9.59 Å². The molecule has 3 rings (SSSR count). The van der Waals surface area contributed by atoms with E-state index < -0.39 is 6.04 Å². The van der Waals surface area contributed by atoms with Crippen molar-refractivity contribution in [1.82, 2.24) is 10.2 Å². The minimum Gasteiger partial charge on any atom is -0.352 e. The smallest absolute Gasteiger partial charge is 0.242 e. The molecule has 0 unspecified atom stereocenters. The first-order valence-electron chi connectivity index (χ1n) is 11.5. The highest BCUT2D eigenvalue weighted by molar-refractivity contribution is 5.89. The Kier molecular flexibility index (Phi) is 8.04. The van der Waals surface area contributed by atoms with Gasteiger partial charge in [0.2, 0.25) is 11.8 Å². The van der Waals surface area contributed by atoms with E-state index in [1.165, 1.54) is 16.3 Å². The van der Waals surface area contributed by atoms with E-state index in [1.54, 1.807) is 4.90 Å². The van der Waals surface area contributed by atoms with Crippen molar-refractivity contribution >= 4 is 22.6 Å². The normalized spacial score (nSPS) is 12.9. The van der Waals surface area contributed by atoms with Crippen LogP contribution in [0.5, 0.6) is 0 Å². The molecule has 0 bridgehead atoms. The van der Waals surface area contributed by atoms with E-state index in [1.807, 2.05) is 70.2 Å². The van der Waals surface area contributed by atoms with Gasteiger partial charge in [0, 0.05) is 19.0 Å². The Balaban J connectivity index is 1.78. The van der Waals surface area contributed by atoms with Gasteiger partial charge in [0.05, 0.1) is 0 Å². The number of hydrogen-bond acceptors (Lipinski definition) is 2. The molecular formula is C28H34N2O2. The van der Waals surface area contributed by atoms with Gasteiger partial charge >= 0.3 is 0 Å². The van der Waals surface area contributed by atoms with Crippen molar-refractivity contribution in [2.45, 2.75) is 65.6 Å². The van der Waals surface area contributed by atoms with Gasteiger partial charge in [-0.25, -0.2) is 0 Å². The number of carbonyl (C=O) groups is 2. The Bertz CT molecular complexity index is 1050. The van der Waals surface area contributed by atoms with Gasteiger partial charge in [-0.15, -0.1) is 0 Å². The van der Waals surface area contributed by atoms with Crippen LogP contribution in [0.3, 0.4) is 0 Å². The van der Waals surface area contributed by atoms with Crippen LogP contribution < -0.4 is 5.32 Å². The Labute approximate surface area is 191 Å². The number of carbonyl (C=O) groups excluding carboxylic acids is 2. The van der Waals surface area contributed by atoms with Gasteiger partial charge in [-0.05, 0) is 55.5 Å². The maximum Gasteiger partial charge on any atom is 0.242 e. The first-order valence-corrected chi connectivity index (χ1v) is 11.5. The second-order valence-corrected chi connectivity index (χ2v) is 8.64. The van der Waals surface area contributed by atoms with Crippen LogP contribution in [0.4, 0.5) is 0 Å². The lowest BCUT2D eigenvalue weighted by molar-refractivity contribution is -0.140. The van der Waals surface area contributed by atoms with Gasteiger partial charge in [-0.3, -0.25) is 9.59 Å². The Hall–Kier alpha value is -3.14. The number of rotatable bonds is 9. The first kappa shape index (κ1) is 23.5. The molecule has 0 fully saturated rings. The minimum absolute atomic E-state index is 0.00897. The summed E-state index contributed by atoms with van der Waals surface area (Å²) in [5.74, 6) is -0.115. The second kappa shape index (κ2) is 10.9. The summed E-state index contributed by atoms with van der Waals surface area (Å²) in [4.78, 5) is 27.9. The standard InChI is InChI=1S/C28H34N2O2/c1-5-21(3)29-28(32)22(4)30(19-23-15-13-20(2)14-16-23)27(31)18-17-25-11-8-10-24-9-6-7-12-26(24)25/h6-16,21-22H,5,17-19H2,1-4H3,(H,29,32)/t21-,22-/m1/s1. The molecular weight excluding hydrogens is 396 g/mol. The van der Waals surface area contributed by atoms with Crippen LogP contribution in [0.15, 0.2) is 66.7 Å². The molecule has 2 atom stereocenters. The van der Waals surface area contributed by atoms with Crippen LogP contribution in [-0.2, 0) is 22.6 Å². The molecule has 0 radical (unpaired) electrons. The fourth-order valence-corrected chi connectivity index (χ4v) is 3.83. The second-order valence-electron chi connectivity index (χ2n) is 8.64. The summed E-state index contributed by atoms with van der Waals surface area (Å²) in [7, 11) is 0. The fourth-order valence-electron chi connectivity index (χ4n) is 3.83. The Morgan fingerprint density at radius 3 is 2.34 bits per heavy atom. The monoisotopic (exact) mass is 430 g/mol. The lowest BCUT2D eigenvalue weighted by atomic mass is 10.0. The summed E-state index contributed by atoms with van der Waals surface area (Å²) in [5, 5.41) is 5.38. The van der Waals surface area contributed by atoms with E-state index in [9.17, 15) is 9.59 Å². The number of nitrogens with one attached hydrogen (secondary N) is 1. The number of benzene rings is 3. The molecule has 1 N–H and O–H groups in total. The molecule has 32 heavy (non-hydrogen) atoms.